The minimum atomic E-state index is 0.133. The molecular weight excluding hydrogens is 232 g/mol. The highest BCUT2D eigenvalue weighted by molar-refractivity contribution is 5.78. The van der Waals surface area contributed by atoms with Crippen LogP contribution in [0.3, 0.4) is 0 Å². The molecule has 1 atom stereocenters. The maximum absolute atomic E-state index is 11.0. The van der Waals surface area contributed by atoms with Gasteiger partial charge in [-0.3, -0.25) is 4.79 Å². The second-order valence-corrected chi connectivity index (χ2v) is 4.44. The lowest BCUT2D eigenvalue weighted by molar-refractivity contribution is -0.119. The van der Waals surface area contributed by atoms with Gasteiger partial charge in [0.15, 0.2) is 11.5 Å². The van der Waals surface area contributed by atoms with Crippen LogP contribution in [0.25, 0.3) is 0 Å². The van der Waals surface area contributed by atoms with Crippen LogP contribution in [-0.4, -0.2) is 30.7 Å². The Balaban J connectivity index is 1.81. The van der Waals surface area contributed by atoms with Crippen LogP contribution < -0.4 is 15.4 Å². The predicted molar refractivity (Wildman–Crippen MR) is 67.5 cm³/mol. The minimum Gasteiger partial charge on any atom is -0.504 e. The van der Waals surface area contributed by atoms with E-state index in [1.807, 2.05) is 6.07 Å². The second-order valence-electron chi connectivity index (χ2n) is 4.44. The van der Waals surface area contributed by atoms with Gasteiger partial charge in [-0.2, -0.15) is 0 Å². The average Bonchev–Trinajstić information content (AvgIpc) is 2.77. The topological polar surface area (TPSA) is 70.6 Å². The SMILES string of the molecule is COc1cc(CNCC2CCC(=O)N2)ccc1O. The summed E-state index contributed by atoms with van der Waals surface area (Å²) in [6, 6.07) is 5.50. The molecule has 1 heterocycles. The number of nitrogens with one attached hydrogen (secondary N) is 2. The zero-order valence-corrected chi connectivity index (χ0v) is 10.4. The van der Waals surface area contributed by atoms with E-state index in [4.69, 9.17) is 4.74 Å². The third-order valence-corrected chi connectivity index (χ3v) is 3.05. The number of hydrogen-bond acceptors (Lipinski definition) is 4. The highest BCUT2D eigenvalue weighted by atomic mass is 16.5. The number of aromatic hydroxyl groups is 1. The fraction of sp³-hybridized carbons (Fsp3) is 0.462. The number of phenolic OH excluding ortho intramolecular Hbond substituents is 1. The number of carbonyl (C=O) groups is 1. The highest BCUT2D eigenvalue weighted by Gasteiger charge is 2.19. The Morgan fingerprint density at radius 3 is 3.06 bits per heavy atom. The van der Waals surface area contributed by atoms with Gasteiger partial charge in [0, 0.05) is 25.6 Å². The number of ether oxygens (including phenoxy) is 1. The van der Waals surface area contributed by atoms with Crippen molar-refractivity contribution in [3.05, 3.63) is 23.8 Å². The molecule has 5 heteroatoms. The molecule has 0 aromatic heterocycles. The van der Waals surface area contributed by atoms with Crippen LogP contribution in [0.2, 0.25) is 0 Å². The predicted octanol–water partition coefficient (Wildman–Crippen LogP) is 0.769. The molecule has 0 aliphatic carbocycles. The van der Waals surface area contributed by atoms with Gasteiger partial charge in [0.05, 0.1) is 7.11 Å². The van der Waals surface area contributed by atoms with Crippen molar-refractivity contribution in [1.29, 1.82) is 0 Å². The maximum atomic E-state index is 11.0. The Labute approximate surface area is 106 Å². The first kappa shape index (κ1) is 12.7. The van der Waals surface area contributed by atoms with Crippen molar-refractivity contribution in [3.63, 3.8) is 0 Å². The third kappa shape index (κ3) is 3.13. The minimum absolute atomic E-state index is 0.133. The number of methoxy groups -OCH3 is 1. The Morgan fingerprint density at radius 2 is 2.39 bits per heavy atom. The molecule has 5 nitrogen and oxygen atoms in total. The summed E-state index contributed by atoms with van der Waals surface area (Å²) in [6.07, 6.45) is 1.52. The van der Waals surface area contributed by atoms with Crippen LogP contribution in [0.5, 0.6) is 11.5 Å². The van der Waals surface area contributed by atoms with Crippen molar-refractivity contribution in [2.24, 2.45) is 0 Å². The molecule has 1 saturated heterocycles. The quantitative estimate of drug-likeness (QED) is 0.722. The van der Waals surface area contributed by atoms with Crippen LogP contribution in [0.15, 0.2) is 18.2 Å². The Morgan fingerprint density at radius 1 is 1.56 bits per heavy atom. The van der Waals surface area contributed by atoms with Crippen molar-refractivity contribution < 1.29 is 14.6 Å². The molecule has 18 heavy (non-hydrogen) atoms. The molecule has 1 aliphatic heterocycles. The number of rotatable bonds is 5. The van der Waals surface area contributed by atoms with E-state index in [0.29, 0.717) is 18.7 Å². The summed E-state index contributed by atoms with van der Waals surface area (Å²) in [7, 11) is 1.53. The highest BCUT2D eigenvalue weighted by Crippen LogP contribution is 2.26. The van der Waals surface area contributed by atoms with Gasteiger partial charge in [0.2, 0.25) is 5.91 Å². The lowest BCUT2D eigenvalue weighted by atomic mass is 10.2. The van der Waals surface area contributed by atoms with Gasteiger partial charge in [-0.1, -0.05) is 6.07 Å². The van der Waals surface area contributed by atoms with Crippen molar-refractivity contribution in [1.82, 2.24) is 10.6 Å². The summed E-state index contributed by atoms with van der Waals surface area (Å²) < 4.78 is 5.04. The van der Waals surface area contributed by atoms with Gasteiger partial charge in [0.25, 0.3) is 0 Å². The standard InChI is InChI=1S/C13H18N2O3/c1-18-12-6-9(2-4-11(12)16)7-14-8-10-3-5-13(17)15-10/h2,4,6,10,14,16H,3,5,7-8H2,1H3,(H,15,17). The number of benzene rings is 1. The van der Waals surface area contributed by atoms with Crippen molar-refractivity contribution in [2.45, 2.75) is 25.4 Å². The molecular formula is C13H18N2O3. The van der Waals surface area contributed by atoms with Crippen molar-refractivity contribution >= 4 is 5.91 Å². The summed E-state index contributed by atoms with van der Waals surface area (Å²) in [6.45, 7) is 1.44. The van der Waals surface area contributed by atoms with Gasteiger partial charge in [-0.25, -0.2) is 0 Å². The molecule has 1 aromatic rings. The van der Waals surface area contributed by atoms with E-state index in [2.05, 4.69) is 10.6 Å². The first-order valence-corrected chi connectivity index (χ1v) is 6.05. The molecule has 0 bridgehead atoms. The molecule has 1 fully saturated rings. The van der Waals surface area contributed by atoms with Gasteiger partial charge < -0.3 is 20.5 Å². The number of hydrogen-bond donors (Lipinski definition) is 3. The molecule has 1 amide bonds. The van der Waals surface area contributed by atoms with E-state index in [-0.39, 0.29) is 17.7 Å². The second kappa shape index (κ2) is 5.73. The fourth-order valence-electron chi connectivity index (χ4n) is 2.05. The van der Waals surface area contributed by atoms with Gasteiger partial charge in [-0.05, 0) is 24.1 Å². The number of amides is 1. The van der Waals surface area contributed by atoms with E-state index >= 15 is 0 Å². The van der Waals surface area contributed by atoms with E-state index in [9.17, 15) is 9.90 Å². The molecule has 0 radical (unpaired) electrons. The molecule has 0 spiro atoms. The van der Waals surface area contributed by atoms with Crippen LogP contribution in [0.1, 0.15) is 18.4 Å². The number of carbonyl (C=O) groups excluding carboxylic acids is 1. The van der Waals surface area contributed by atoms with Crippen LogP contribution in [0.4, 0.5) is 0 Å². The van der Waals surface area contributed by atoms with E-state index < -0.39 is 0 Å². The summed E-state index contributed by atoms with van der Waals surface area (Å²) in [4.78, 5) is 11.0. The van der Waals surface area contributed by atoms with E-state index in [0.717, 1.165) is 18.5 Å². The molecule has 2 rings (SSSR count). The van der Waals surface area contributed by atoms with Crippen LogP contribution in [-0.2, 0) is 11.3 Å². The third-order valence-electron chi connectivity index (χ3n) is 3.05. The van der Waals surface area contributed by atoms with Crippen LogP contribution in [0, 0.1) is 0 Å². The summed E-state index contributed by atoms with van der Waals surface area (Å²) >= 11 is 0. The largest absolute Gasteiger partial charge is 0.504 e. The first-order valence-electron chi connectivity index (χ1n) is 6.05. The monoisotopic (exact) mass is 250 g/mol. The first-order chi connectivity index (χ1) is 8.69. The van der Waals surface area contributed by atoms with E-state index in [1.54, 1.807) is 12.1 Å². The Hall–Kier alpha value is -1.75. The maximum Gasteiger partial charge on any atom is 0.220 e. The molecule has 0 saturated carbocycles. The summed E-state index contributed by atoms with van der Waals surface area (Å²) in [5.74, 6) is 0.751. The Kier molecular flexibility index (Phi) is 4.04. The summed E-state index contributed by atoms with van der Waals surface area (Å²) in [5.41, 5.74) is 1.04. The van der Waals surface area contributed by atoms with E-state index in [1.165, 1.54) is 7.11 Å². The lowest BCUT2D eigenvalue weighted by Gasteiger charge is -2.12. The lowest BCUT2D eigenvalue weighted by Crippen LogP contribution is -2.35. The smallest absolute Gasteiger partial charge is 0.220 e. The normalized spacial score (nSPS) is 18.7. The molecule has 1 aliphatic rings. The molecule has 98 valence electrons. The van der Waals surface area contributed by atoms with Crippen LogP contribution >= 0.6 is 0 Å². The van der Waals surface area contributed by atoms with Gasteiger partial charge >= 0.3 is 0 Å². The molecule has 1 aromatic carbocycles. The average molecular weight is 250 g/mol. The molecule has 3 N–H and O–H groups in total. The zero-order chi connectivity index (χ0) is 13.0. The van der Waals surface area contributed by atoms with Gasteiger partial charge in [0.1, 0.15) is 0 Å². The molecule has 1 unspecified atom stereocenters. The Bertz CT molecular complexity index is 434. The van der Waals surface area contributed by atoms with Gasteiger partial charge in [-0.15, -0.1) is 0 Å². The zero-order valence-electron chi connectivity index (χ0n) is 10.4. The fourth-order valence-corrected chi connectivity index (χ4v) is 2.05. The van der Waals surface area contributed by atoms with Crippen molar-refractivity contribution in [3.8, 4) is 11.5 Å². The number of phenols is 1. The summed E-state index contributed by atoms with van der Waals surface area (Å²) in [5, 5.41) is 15.7. The van der Waals surface area contributed by atoms with Crippen molar-refractivity contribution in [2.75, 3.05) is 13.7 Å².